The number of hydrogen-bond donors (Lipinski definition) is 1. The van der Waals surface area contributed by atoms with Crippen molar-refractivity contribution >= 4 is 53.3 Å². The Morgan fingerprint density at radius 1 is 1.24 bits per heavy atom. The van der Waals surface area contributed by atoms with Gasteiger partial charge in [0.1, 0.15) is 0 Å². The molecule has 0 saturated carbocycles. The summed E-state index contributed by atoms with van der Waals surface area (Å²) >= 11 is 6.25. The highest BCUT2D eigenvalue weighted by molar-refractivity contribution is 9.10. The van der Waals surface area contributed by atoms with E-state index in [0.29, 0.717) is 8.95 Å². The summed E-state index contributed by atoms with van der Waals surface area (Å²) in [6.07, 6.45) is 2.81. The molecule has 0 fully saturated rings. The molecule has 1 aromatic carbocycles. The lowest BCUT2D eigenvalue weighted by Crippen LogP contribution is -2.15. The average Bonchev–Trinajstić information content (AvgIpc) is 2.41. The van der Waals surface area contributed by atoms with Crippen molar-refractivity contribution in [1.82, 2.24) is 4.98 Å². The molecule has 0 aliphatic carbocycles. The quantitative estimate of drug-likeness (QED) is 0.584. The van der Waals surface area contributed by atoms with E-state index in [2.05, 4.69) is 41.6 Å². The highest BCUT2D eigenvalue weighted by atomic mass is 79.9. The van der Waals surface area contributed by atoms with Gasteiger partial charge >= 0.3 is 0 Å². The molecule has 0 saturated heterocycles. The molecule has 110 valence electrons. The normalized spacial score (nSPS) is 11.1. The zero-order valence-corrected chi connectivity index (χ0v) is 14.1. The Kier molecular flexibility index (Phi) is 4.59. The van der Waals surface area contributed by atoms with Gasteiger partial charge < -0.3 is 0 Å². The Bertz CT molecular complexity index is 811. The maximum absolute atomic E-state index is 12.4. The predicted octanol–water partition coefficient (Wildman–Crippen LogP) is 3.32. The van der Waals surface area contributed by atoms with Crippen LogP contribution in [0.2, 0.25) is 0 Å². The first kappa shape index (κ1) is 15.9. The number of nitro groups is 1. The fourth-order valence-corrected chi connectivity index (χ4v) is 3.78. The van der Waals surface area contributed by atoms with Crippen LogP contribution in [0.1, 0.15) is 0 Å². The fraction of sp³-hybridized carbons (Fsp3) is 0. The minimum absolute atomic E-state index is 0.235. The second-order valence-corrected chi connectivity index (χ2v) is 7.25. The summed E-state index contributed by atoms with van der Waals surface area (Å²) in [6.45, 7) is 0. The molecule has 1 N–H and O–H groups in total. The van der Waals surface area contributed by atoms with E-state index >= 15 is 0 Å². The van der Waals surface area contributed by atoms with E-state index in [-0.39, 0.29) is 5.69 Å². The van der Waals surface area contributed by atoms with Gasteiger partial charge in [-0.3, -0.25) is 19.8 Å². The SMILES string of the molecule is O=[N+]([O-])c1ccc(Br)cc1S(=O)(=O)Nc1ccncc1Br. The van der Waals surface area contributed by atoms with Gasteiger partial charge in [-0.05, 0) is 34.1 Å². The lowest BCUT2D eigenvalue weighted by molar-refractivity contribution is -0.387. The standard InChI is InChI=1S/C11H7Br2N3O4S/c12-7-1-2-10(16(17)18)11(5-7)21(19,20)15-9-3-4-14-6-8(9)13/h1-6H,(H,14,15). The molecule has 0 spiro atoms. The molecular weight excluding hydrogens is 430 g/mol. The van der Waals surface area contributed by atoms with E-state index in [1.54, 1.807) is 0 Å². The Balaban J connectivity index is 2.52. The summed E-state index contributed by atoms with van der Waals surface area (Å²) in [6, 6.07) is 5.14. The first-order valence-corrected chi connectivity index (χ1v) is 8.44. The lowest BCUT2D eigenvalue weighted by atomic mass is 10.3. The zero-order chi connectivity index (χ0) is 15.6. The first-order valence-electron chi connectivity index (χ1n) is 5.37. The van der Waals surface area contributed by atoms with Crippen molar-refractivity contribution in [2.45, 2.75) is 4.90 Å². The van der Waals surface area contributed by atoms with Crippen molar-refractivity contribution in [3.63, 3.8) is 0 Å². The van der Waals surface area contributed by atoms with E-state index < -0.39 is 25.5 Å². The molecule has 0 bridgehead atoms. The maximum Gasteiger partial charge on any atom is 0.289 e. The van der Waals surface area contributed by atoms with Crippen molar-refractivity contribution in [2.24, 2.45) is 0 Å². The molecule has 2 aromatic rings. The second-order valence-electron chi connectivity index (χ2n) is 3.83. The number of rotatable bonds is 4. The van der Waals surface area contributed by atoms with E-state index in [1.807, 2.05) is 0 Å². The van der Waals surface area contributed by atoms with Crippen molar-refractivity contribution in [1.29, 1.82) is 0 Å². The summed E-state index contributed by atoms with van der Waals surface area (Å²) in [4.78, 5) is 13.6. The molecule has 7 nitrogen and oxygen atoms in total. The van der Waals surface area contributed by atoms with Crippen LogP contribution in [-0.2, 0) is 10.0 Å². The van der Waals surface area contributed by atoms with E-state index in [0.717, 1.165) is 6.07 Å². The Labute approximate surface area is 136 Å². The van der Waals surface area contributed by atoms with Crippen LogP contribution in [0.4, 0.5) is 11.4 Å². The summed E-state index contributed by atoms with van der Waals surface area (Å²) in [5.41, 5.74) is -0.268. The van der Waals surface area contributed by atoms with Crippen LogP contribution in [-0.4, -0.2) is 18.3 Å². The molecule has 0 atom stereocenters. The van der Waals surface area contributed by atoms with Crippen LogP contribution in [0, 0.1) is 10.1 Å². The number of hydrogen-bond acceptors (Lipinski definition) is 5. The summed E-state index contributed by atoms with van der Waals surface area (Å²) in [5.74, 6) is 0. The number of nitrogens with one attached hydrogen (secondary N) is 1. The van der Waals surface area contributed by atoms with Gasteiger partial charge in [0.25, 0.3) is 15.7 Å². The van der Waals surface area contributed by atoms with Gasteiger partial charge in [0.15, 0.2) is 4.90 Å². The summed E-state index contributed by atoms with van der Waals surface area (Å²) < 4.78 is 27.8. The molecule has 1 heterocycles. The molecule has 2 rings (SSSR count). The van der Waals surface area contributed by atoms with Crippen molar-refractivity contribution < 1.29 is 13.3 Å². The van der Waals surface area contributed by atoms with E-state index in [1.165, 1.54) is 30.6 Å². The smallest absolute Gasteiger partial charge is 0.278 e. The maximum atomic E-state index is 12.4. The van der Waals surface area contributed by atoms with Gasteiger partial charge in [0.2, 0.25) is 0 Å². The molecule has 0 aliphatic heterocycles. The molecule has 0 amide bonds. The van der Waals surface area contributed by atoms with Crippen LogP contribution >= 0.6 is 31.9 Å². The van der Waals surface area contributed by atoms with Gasteiger partial charge in [-0.2, -0.15) is 0 Å². The Hall–Kier alpha value is -1.52. The summed E-state index contributed by atoms with van der Waals surface area (Å²) in [5, 5.41) is 11.0. The largest absolute Gasteiger partial charge is 0.289 e. The monoisotopic (exact) mass is 435 g/mol. The summed E-state index contributed by atoms with van der Waals surface area (Å²) in [7, 11) is -4.11. The van der Waals surface area contributed by atoms with Crippen molar-refractivity contribution in [2.75, 3.05) is 4.72 Å². The number of benzene rings is 1. The first-order chi connectivity index (χ1) is 9.81. The molecule has 10 heteroatoms. The Morgan fingerprint density at radius 2 is 1.95 bits per heavy atom. The Morgan fingerprint density at radius 3 is 2.57 bits per heavy atom. The van der Waals surface area contributed by atoms with Gasteiger partial charge in [-0.1, -0.05) is 15.9 Å². The molecule has 0 radical (unpaired) electrons. The van der Waals surface area contributed by atoms with Crippen LogP contribution in [0.25, 0.3) is 0 Å². The number of pyridine rings is 1. The van der Waals surface area contributed by atoms with Crippen LogP contribution in [0.5, 0.6) is 0 Å². The molecule has 0 unspecified atom stereocenters. The third-order valence-corrected chi connectivity index (χ3v) is 4.94. The fourth-order valence-electron chi connectivity index (χ4n) is 1.51. The second kappa shape index (κ2) is 6.08. The minimum atomic E-state index is -4.11. The van der Waals surface area contributed by atoms with E-state index in [9.17, 15) is 18.5 Å². The zero-order valence-electron chi connectivity index (χ0n) is 10.2. The highest BCUT2D eigenvalue weighted by Crippen LogP contribution is 2.30. The molecule has 1 aromatic heterocycles. The van der Waals surface area contributed by atoms with Crippen molar-refractivity contribution in [3.8, 4) is 0 Å². The van der Waals surface area contributed by atoms with Gasteiger partial charge in [0, 0.05) is 22.9 Å². The van der Waals surface area contributed by atoms with Gasteiger partial charge in [-0.15, -0.1) is 0 Å². The lowest BCUT2D eigenvalue weighted by Gasteiger charge is -2.10. The van der Waals surface area contributed by atoms with Crippen molar-refractivity contribution in [3.05, 3.63) is 55.7 Å². The average molecular weight is 437 g/mol. The number of aromatic nitrogens is 1. The number of nitro benzene ring substituents is 1. The highest BCUT2D eigenvalue weighted by Gasteiger charge is 2.26. The molecule has 0 aliphatic rings. The number of sulfonamides is 1. The minimum Gasteiger partial charge on any atom is -0.278 e. The van der Waals surface area contributed by atoms with Gasteiger partial charge in [-0.25, -0.2) is 8.42 Å². The third kappa shape index (κ3) is 3.57. The number of anilines is 1. The van der Waals surface area contributed by atoms with Crippen LogP contribution in [0.15, 0.2) is 50.5 Å². The number of nitrogens with zero attached hydrogens (tertiary/aromatic N) is 2. The molecular formula is C11H7Br2N3O4S. The molecule has 21 heavy (non-hydrogen) atoms. The predicted molar refractivity (Wildman–Crippen MR) is 83.5 cm³/mol. The van der Waals surface area contributed by atoms with Gasteiger partial charge in [0.05, 0.1) is 15.1 Å². The number of halogens is 2. The van der Waals surface area contributed by atoms with Crippen LogP contribution in [0.3, 0.4) is 0 Å². The topological polar surface area (TPSA) is 102 Å². The third-order valence-electron chi connectivity index (χ3n) is 2.42. The van der Waals surface area contributed by atoms with E-state index in [4.69, 9.17) is 0 Å². The van der Waals surface area contributed by atoms with Crippen LogP contribution < -0.4 is 4.72 Å².